The van der Waals surface area contributed by atoms with E-state index in [0.29, 0.717) is 6.42 Å². The van der Waals surface area contributed by atoms with Crippen LogP contribution in [0.2, 0.25) is 0 Å². The minimum atomic E-state index is -0.618. The Hall–Kier alpha value is -0.0800. The molecule has 0 rings (SSSR count). The zero-order chi connectivity index (χ0) is 7.98. The largest absolute Gasteiger partial charge is 0.854 e. The van der Waals surface area contributed by atoms with E-state index in [-0.39, 0.29) is 12.5 Å². The second-order valence-electron chi connectivity index (χ2n) is 2.66. The summed E-state index contributed by atoms with van der Waals surface area (Å²) in [5, 5.41) is 21.5. The Morgan fingerprint density at radius 1 is 1.30 bits per heavy atom. The van der Waals surface area contributed by atoms with E-state index < -0.39 is 6.10 Å². The molecule has 2 atom stereocenters. The summed E-state index contributed by atoms with van der Waals surface area (Å²) < 4.78 is 0. The molecule has 0 aromatic carbocycles. The lowest BCUT2D eigenvalue weighted by molar-refractivity contribution is -0.461. The summed E-state index contributed by atoms with van der Waals surface area (Å²) in [6, 6.07) is 0. The van der Waals surface area contributed by atoms with Crippen LogP contribution >= 0.6 is 0 Å². The second-order valence-corrected chi connectivity index (χ2v) is 2.66. The maximum atomic E-state index is 11.1. The molecular weight excluding hydrogens is 128 g/mol. The molecule has 0 fully saturated rings. The van der Waals surface area contributed by atoms with Crippen molar-refractivity contribution in [3.05, 3.63) is 0 Å². The Kier molecular flexibility index (Phi) is 5.64. The highest BCUT2D eigenvalue weighted by atomic mass is 16.3. The van der Waals surface area contributed by atoms with E-state index in [1.165, 1.54) is 0 Å². The third-order valence-electron chi connectivity index (χ3n) is 1.84. The van der Waals surface area contributed by atoms with Gasteiger partial charge in [0.15, 0.2) is 0 Å². The first-order valence-corrected chi connectivity index (χ1v) is 4.00. The molecule has 2 nitrogen and oxygen atoms in total. The average molecular weight is 144 g/mol. The van der Waals surface area contributed by atoms with Crippen LogP contribution in [0.3, 0.4) is 0 Å². The minimum Gasteiger partial charge on any atom is -0.854 e. The number of rotatable bonds is 5. The molecule has 0 N–H and O–H groups in total. The van der Waals surface area contributed by atoms with E-state index in [4.69, 9.17) is 0 Å². The summed E-state index contributed by atoms with van der Waals surface area (Å²) in [6.07, 6.45) is 1.66. The van der Waals surface area contributed by atoms with Crippen molar-refractivity contribution in [1.82, 2.24) is 0 Å². The lowest BCUT2D eigenvalue weighted by atomic mass is 9.97. The smallest absolute Gasteiger partial charge is 0.0556 e. The van der Waals surface area contributed by atoms with Gasteiger partial charge >= 0.3 is 0 Å². The molecule has 10 heavy (non-hydrogen) atoms. The first kappa shape index (κ1) is 9.92. The predicted molar refractivity (Wildman–Crippen MR) is 37.3 cm³/mol. The average Bonchev–Trinajstić information content (AvgIpc) is 1.91. The van der Waals surface area contributed by atoms with E-state index >= 15 is 0 Å². The molecule has 2 heteroatoms. The van der Waals surface area contributed by atoms with Crippen LogP contribution < -0.4 is 10.2 Å². The maximum absolute atomic E-state index is 11.1. The van der Waals surface area contributed by atoms with Crippen LogP contribution in [0.5, 0.6) is 0 Å². The molecule has 0 aliphatic rings. The van der Waals surface area contributed by atoms with Crippen LogP contribution in [0, 0.1) is 5.92 Å². The molecule has 0 aliphatic carbocycles. The lowest BCUT2D eigenvalue weighted by Gasteiger charge is -2.33. The molecule has 0 saturated heterocycles. The van der Waals surface area contributed by atoms with Crippen LogP contribution in [0.4, 0.5) is 0 Å². The summed E-state index contributed by atoms with van der Waals surface area (Å²) in [7, 11) is 0. The second kappa shape index (κ2) is 5.69. The summed E-state index contributed by atoms with van der Waals surface area (Å²) in [6.45, 7) is 3.68. The van der Waals surface area contributed by atoms with Crippen LogP contribution in [0.15, 0.2) is 0 Å². The van der Waals surface area contributed by atoms with Crippen molar-refractivity contribution in [1.29, 1.82) is 0 Å². The van der Waals surface area contributed by atoms with Crippen LogP contribution in [0.1, 0.15) is 33.1 Å². The van der Waals surface area contributed by atoms with Gasteiger partial charge in [-0.3, -0.25) is 0 Å². The van der Waals surface area contributed by atoms with Crippen molar-refractivity contribution in [2.24, 2.45) is 5.92 Å². The fourth-order valence-corrected chi connectivity index (χ4v) is 1.01. The van der Waals surface area contributed by atoms with Crippen molar-refractivity contribution in [3.8, 4) is 0 Å². The zero-order valence-corrected chi connectivity index (χ0v) is 6.80. The molecule has 62 valence electrons. The Balaban J connectivity index is 3.53. The fourth-order valence-electron chi connectivity index (χ4n) is 1.01. The van der Waals surface area contributed by atoms with Gasteiger partial charge in [-0.25, -0.2) is 0 Å². The third-order valence-corrected chi connectivity index (χ3v) is 1.84. The highest BCUT2D eigenvalue weighted by molar-refractivity contribution is 4.63. The van der Waals surface area contributed by atoms with Gasteiger partial charge in [0, 0.05) is 0 Å². The van der Waals surface area contributed by atoms with Gasteiger partial charge in [0.25, 0.3) is 0 Å². The maximum Gasteiger partial charge on any atom is -0.0556 e. The van der Waals surface area contributed by atoms with Gasteiger partial charge in [0.05, 0.1) is 0 Å². The molecule has 0 aromatic rings. The minimum absolute atomic E-state index is 0.139. The van der Waals surface area contributed by atoms with E-state index in [1.54, 1.807) is 0 Å². The highest BCUT2D eigenvalue weighted by Gasteiger charge is 2.02. The zero-order valence-electron chi connectivity index (χ0n) is 6.80. The first-order valence-electron chi connectivity index (χ1n) is 4.00. The molecule has 0 radical (unpaired) electrons. The van der Waals surface area contributed by atoms with Crippen LogP contribution in [-0.4, -0.2) is 12.7 Å². The van der Waals surface area contributed by atoms with Gasteiger partial charge in [-0.2, -0.15) is 0 Å². The molecule has 0 spiro atoms. The van der Waals surface area contributed by atoms with E-state index in [1.807, 2.05) is 13.8 Å². The number of hydrogen-bond acceptors (Lipinski definition) is 2. The molecule has 0 amide bonds. The fraction of sp³-hybridized carbons (Fsp3) is 1.00. The quantitative estimate of drug-likeness (QED) is 0.541. The predicted octanol–water partition coefficient (Wildman–Crippen LogP) is -0.0981. The van der Waals surface area contributed by atoms with Gasteiger partial charge in [0.1, 0.15) is 0 Å². The Labute approximate surface area is 62.9 Å². The molecular formula is C8H16O2-2. The molecule has 0 aromatic heterocycles. The van der Waals surface area contributed by atoms with Crippen molar-refractivity contribution >= 4 is 0 Å². The molecule has 0 aliphatic heterocycles. The number of hydrogen-bond donors (Lipinski definition) is 0. The van der Waals surface area contributed by atoms with Crippen molar-refractivity contribution in [2.45, 2.75) is 39.2 Å². The Morgan fingerprint density at radius 3 is 2.20 bits per heavy atom. The summed E-state index contributed by atoms with van der Waals surface area (Å²) in [5.74, 6) is -0.139. The van der Waals surface area contributed by atoms with E-state index in [2.05, 4.69) is 0 Å². The lowest BCUT2D eigenvalue weighted by Crippen LogP contribution is -2.38. The SMILES string of the molecule is CCCC([O-])C(CC)C[O-]. The Morgan fingerprint density at radius 2 is 1.90 bits per heavy atom. The van der Waals surface area contributed by atoms with Crippen molar-refractivity contribution in [2.75, 3.05) is 6.61 Å². The summed E-state index contributed by atoms with van der Waals surface area (Å²) in [4.78, 5) is 0. The molecule has 2 unspecified atom stereocenters. The van der Waals surface area contributed by atoms with Gasteiger partial charge in [-0.05, 0) is 0 Å². The third kappa shape index (κ3) is 3.18. The molecule has 0 bridgehead atoms. The van der Waals surface area contributed by atoms with Gasteiger partial charge in [-0.1, -0.05) is 39.0 Å². The van der Waals surface area contributed by atoms with Crippen LogP contribution in [0.25, 0.3) is 0 Å². The van der Waals surface area contributed by atoms with E-state index in [9.17, 15) is 10.2 Å². The standard InChI is InChI=1S/C8H16O2/c1-3-5-8(10)7(4-2)6-9/h7-8H,3-6H2,1-2H3/q-2. The molecule has 0 heterocycles. The highest BCUT2D eigenvalue weighted by Crippen LogP contribution is 2.08. The van der Waals surface area contributed by atoms with Gasteiger partial charge < -0.3 is 10.2 Å². The normalized spacial score (nSPS) is 16.8. The summed E-state index contributed by atoms with van der Waals surface area (Å²) >= 11 is 0. The van der Waals surface area contributed by atoms with Crippen molar-refractivity contribution in [3.63, 3.8) is 0 Å². The van der Waals surface area contributed by atoms with Crippen LogP contribution in [-0.2, 0) is 0 Å². The van der Waals surface area contributed by atoms with Gasteiger partial charge in [-0.15, -0.1) is 12.7 Å². The van der Waals surface area contributed by atoms with E-state index in [0.717, 1.165) is 12.8 Å². The topological polar surface area (TPSA) is 46.1 Å². The first-order chi connectivity index (χ1) is 4.76. The molecule has 0 saturated carbocycles. The Bertz CT molecular complexity index is 69.7. The summed E-state index contributed by atoms with van der Waals surface area (Å²) in [5.41, 5.74) is 0. The monoisotopic (exact) mass is 144 g/mol. The van der Waals surface area contributed by atoms with Gasteiger partial charge in [0.2, 0.25) is 0 Å². The van der Waals surface area contributed by atoms with Crippen molar-refractivity contribution < 1.29 is 10.2 Å².